The van der Waals surface area contributed by atoms with Gasteiger partial charge in [0.2, 0.25) is 0 Å². The van der Waals surface area contributed by atoms with E-state index < -0.39 is 0 Å². The molecule has 3 nitrogen and oxygen atoms in total. The molecule has 0 aliphatic rings. The Morgan fingerprint density at radius 3 is 2.67 bits per heavy atom. The molecule has 0 bridgehead atoms. The molecule has 4 heteroatoms. The highest BCUT2D eigenvalue weighted by Gasteiger charge is 2.15. The number of aromatic nitrogens is 2. The van der Waals surface area contributed by atoms with Crippen LogP contribution in [0.25, 0.3) is 11.0 Å². The number of halogens is 1. The predicted molar refractivity (Wildman–Crippen MR) is 83.7 cm³/mol. The fourth-order valence-electron chi connectivity index (χ4n) is 2.61. The number of nitrogens with two attached hydrogens (primary N) is 1. The van der Waals surface area contributed by atoms with Crippen LogP contribution in [0.1, 0.15) is 31.2 Å². The minimum Gasteiger partial charge on any atom is -0.397 e. The minimum absolute atomic E-state index is 0.220. The van der Waals surface area contributed by atoms with E-state index in [0.29, 0.717) is 12.2 Å². The Morgan fingerprint density at radius 2 is 1.95 bits per heavy atom. The molecule has 0 spiro atoms. The summed E-state index contributed by atoms with van der Waals surface area (Å²) in [6, 6.07) is 12.4. The summed E-state index contributed by atoms with van der Waals surface area (Å²) >= 11 is 0. The molecule has 1 aromatic heterocycles. The van der Waals surface area contributed by atoms with Gasteiger partial charge in [-0.1, -0.05) is 32.0 Å². The lowest BCUT2D eigenvalue weighted by Crippen LogP contribution is -2.06. The second-order valence-corrected chi connectivity index (χ2v) is 5.56. The number of imidazole rings is 1. The van der Waals surface area contributed by atoms with Crippen LogP contribution in [0.2, 0.25) is 0 Å². The lowest BCUT2D eigenvalue weighted by atomic mass is 10.2. The molecule has 2 aromatic carbocycles. The quantitative estimate of drug-likeness (QED) is 0.740. The summed E-state index contributed by atoms with van der Waals surface area (Å²) in [5, 5.41) is 0. The summed E-state index contributed by atoms with van der Waals surface area (Å²) in [6.07, 6.45) is 0. The zero-order valence-electron chi connectivity index (χ0n) is 12.2. The van der Waals surface area contributed by atoms with Gasteiger partial charge in [0, 0.05) is 12.5 Å². The predicted octanol–water partition coefficient (Wildman–Crippen LogP) is 3.93. The van der Waals surface area contributed by atoms with Gasteiger partial charge in [0.05, 0.1) is 11.2 Å². The highest BCUT2D eigenvalue weighted by molar-refractivity contribution is 5.87. The molecular formula is C17H18FN3. The van der Waals surface area contributed by atoms with E-state index in [2.05, 4.69) is 23.4 Å². The fourth-order valence-corrected chi connectivity index (χ4v) is 2.61. The summed E-state index contributed by atoms with van der Waals surface area (Å²) in [4.78, 5) is 4.67. The zero-order chi connectivity index (χ0) is 15.0. The Kier molecular flexibility index (Phi) is 3.37. The molecule has 0 radical (unpaired) electrons. The lowest BCUT2D eigenvalue weighted by Gasteiger charge is -2.11. The Morgan fingerprint density at radius 1 is 1.19 bits per heavy atom. The molecule has 2 N–H and O–H groups in total. The largest absolute Gasteiger partial charge is 0.397 e. The molecule has 1 heterocycles. The summed E-state index contributed by atoms with van der Waals surface area (Å²) in [5.41, 5.74) is 9.42. The van der Waals surface area contributed by atoms with Crippen LogP contribution >= 0.6 is 0 Å². The van der Waals surface area contributed by atoms with Crippen molar-refractivity contribution in [2.24, 2.45) is 0 Å². The summed E-state index contributed by atoms with van der Waals surface area (Å²) in [7, 11) is 0. The third-order valence-corrected chi connectivity index (χ3v) is 3.59. The van der Waals surface area contributed by atoms with E-state index in [4.69, 9.17) is 5.73 Å². The first-order chi connectivity index (χ1) is 10.1. The second kappa shape index (κ2) is 5.20. The Hall–Kier alpha value is -2.36. The standard InChI is InChI=1S/C17H18FN3/c1-11(2)17-20-16-14(19)7-4-8-15(16)21(17)10-12-5-3-6-13(18)9-12/h3-9,11H,10,19H2,1-2H3. The average Bonchev–Trinajstić information content (AvgIpc) is 2.80. The number of fused-ring (bicyclic) bond motifs is 1. The van der Waals surface area contributed by atoms with Crippen molar-refractivity contribution >= 4 is 16.7 Å². The fraction of sp³-hybridized carbons (Fsp3) is 0.235. The number of nitrogens with zero attached hydrogens (tertiary/aromatic N) is 2. The highest BCUT2D eigenvalue weighted by atomic mass is 19.1. The molecule has 0 aliphatic heterocycles. The molecule has 0 fully saturated rings. The van der Waals surface area contributed by atoms with Crippen LogP contribution in [-0.2, 0) is 6.54 Å². The van der Waals surface area contributed by atoms with Crippen LogP contribution in [0, 0.1) is 5.82 Å². The number of anilines is 1. The van der Waals surface area contributed by atoms with Crippen LogP contribution in [0.4, 0.5) is 10.1 Å². The Bertz CT molecular complexity index is 790. The first kappa shape index (κ1) is 13.6. The van der Waals surface area contributed by atoms with Gasteiger partial charge in [-0.25, -0.2) is 9.37 Å². The molecule has 0 aliphatic carbocycles. The molecule has 0 unspecified atom stereocenters. The van der Waals surface area contributed by atoms with Crippen LogP contribution in [0.15, 0.2) is 42.5 Å². The van der Waals surface area contributed by atoms with Crippen molar-refractivity contribution in [3.8, 4) is 0 Å². The van der Waals surface area contributed by atoms with Crippen molar-refractivity contribution in [3.63, 3.8) is 0 Å². The van der Waals surface area contributed by atoms with E-state index >= 15 is 0 Å². The van der Waals surface area contributed by atoms with Gasteiger partial charge in [-0.2, -0.15) is 0 Å². The van der Waals surface area contributed by atoms with E-state index in [9.17, 15) is 4.39 Å². The molecule has 0 atom stereocenters. The number of hydrogen-bond acceptors (Lipinski definition) is 2. The van der Waals surface area contributed by atoms with Gasteiger partial charge in [-0.15, -0.1) is 0 Å². The maximum atomic E-state index is 13.4. The smallest absolute Gasteiger partial charge is 0.123 e. The molecule has 0 saturated heterocycles. The average molecular weight is 283 g/mol. The number of benzene rings is 2. The van der Waals surface area contributed by atoms with Crippen LogP contribution in [0.5, 0.6) is 0 Å². The van der Waals surface area contributed by atoms with Crippen molar-refractivity contribution in [1.29, 1.82) is 0 Å². The molecule has 108 valence electrons. The third-order valence-electron chi connectivity index (χ3n) is 3.59. The van der Waals surface area contributed by atoms with Crippen molar-refractivity contribution in [3.05, 3.63) is 59.7 Å². The Labute approximate surface area is 123 Å². The van der Waals surface area contributed by atoms with E-state index in [1.165, 1.54) is 6.07 Å². The number of hydrogen-bond donors (Lipinski definition) is 1. The molecule has 3 rings (SSSR count). The normalized spacial score (nSPS) is 11.4. The van der Waals surface area contributed by atoms with Crippen LogP contribution in [0.3, 0.4) is 0 Å². The third kappa shape index (κ3) is 2.49. The van der Waals surface area contributed by atoms with E-state index in [0.717, 1.165) is 22.4 Å². The van der Waals surface area contributed by atoms with Crippen molar-refractivity contribution < 1.29 is 4.39 Å². The molecule has 0 amide bonds. The first-order valence-corrected chi connectivity index (χ1v) is 7.05. The Balaban J connectivity index is 2.16. The number of rotatable bonds is 3. The van der Waals surface area contributed by atoms with Crippen LogP contribution < -0.4 is 5.73 Å². The van der Waals surface area contributed by atoms with E-state index in [1.807, 2.05) is 24.3 Å². The van der Waals surface area contributed by atoms with Crippen molar-refractivity contribution in [1.82, 2.24) is 9.55 Å². The SMILES string of the molecule is CC(C)c1nc2c(N)cccc2n1Cc1cccc(F)c1. The maximum Gasteiger partial charge on any atom is 0.123 e. The van der Waals surface area contributed by atoms with Gasteiger partial charge in [-0.3, -0.25) is 0 Å². The molecule has 0 saturated carbocycles. The molecule has 21 heavy (non-hydrogen) atoms. The van der Waals surface area contributed by atoms with Gasteiger partial charge in [0.15, 0.2) is 0 Å². The monoisotopic (exact) mass is 283 g/mol. The van der Waals surface area contributed by atoms with Gasteiger partial charge < -0.3 is 10.3 Å². The maximum absolute atomic E-state index is 13.4. The van der Waals surface area contributed by atoms with Gasteiger partial charge in [-0.05, 0) is 29.8 Å². The lowest BCUT2D eigenvalue weighted by molar-refractivity contribution is 0.621. The summed E-state index contributed by atoms with van der Waals surface area (Å²) < 4.78 is 15.5. The highest BCUT2D eigenvalue weighted by Crippen LogP contribution is 2.26. The number of nitrogen functional groups attached to an aromatic ring is 1. The molecule has 3 aromatic rings. The van der Waals surface area contributed by atoms with Crippen LogP contribution in [-0.4, -0.2) is 9.55 Å². The number of para-hydroxylation sites is 1. The zero-order valence-corrected chi connectivity index (χ0v) is 12.2. The van der Waals surface area contributed by atoms with Gasteiger partial charge in [0.25, 0.3) is 0 Å². The van der Waals surface area contributed by atoms with Crippen molar-refractivity contribution in [2.75, 3.05) is 5.73 Å². The summed E-state index contributed by atoms with van der Waals surface area (Å²) in [6.45, 7) is 4.78. The topological polar surface area (TPSA) is 43.8 Å². The summed E-state index contributed by atoms with van der Waals surface area (Å²) in [5.74, 6) is 1.01. The van der Waals surface area contributed by atoms with Gasteiger partial charge >= 0.3 is 0 Å². The minimum atomic E-state index is -0.220. The van der Waals surface area contributed by atoms with E-state index in [-0.39, 0.29) is 11.7 Å². The second-order valence-electron chi connectivity index (χ2n) is 5.56. The first-order valence-electron chi connectivity index (χ1n) is 7.05. The van der Waals surface area contributed by atoms with Crippen molar-refractivity contribution in [2.45, 2.75) is 26.3 Å². The van der Waals surface area contributed by atoms with E-state index in [1.54, 1.807) is 12.1 Å². The van der Waals surface area contributed by atoms with Gasteiger partial charge in [0.1, 0.15) is 17.2 Å². The molecular weight excluding hydrogens is 265 g/mol.